The first-order valence-electron chi connectivity index (χ1n) is 10.6. The van der Waals surface area contributed by atoms with Crippen LogP contribution < -0.4 is 4.74 Å². The molecule has 31 heavy (non-hydrogen) atoms. The van der Waals surface area contributed by atoms with E-state index >= 15 is 0 Å². The Morgan fingerprint density at radius 3 is 2.55 bits per heavy atom. The summed E-state index contributed by atoms with van der Waals surface area (Å²) in [5.74, 6) is 0.419. The van der Waals surface area contributed by atoms with E-state index < -0.39 is 5.82 Å². The second-order valence-electron chi connectivity index (χ2n) is 7.88. The number of nitrogens with zero attached hydrogens (tertiary/aromatic N) is 2. The number of ether oxygens (including phenoxy) is 1. The van der Waals surface area contributed by atoms with E-state index in [-0.39, 0.29) is 17.5 Å². The molecule has 2 aromatic carbocycles. The van der Waals surface area contributed by atoms with E-state index in [1.54, 1.807) is 17.0 Å². The molecule has 3 rings (SSSR count). The highest BCUT2D eigenvalue weighted by Crippen LogP contribution is 2.27. The molecular formula is C25H29FN2O2S. The predicted octanol–water partition coefficient (Wildman–Crippen LogP) is 6.43. The maximum atomic E-state index is 14.2. The van der Waals surface area contributed by atoms with Crippen molar-refractivity contribution in [3.05, 3.63) is 81.6 Å². The molecule has 0 spiro atoms. The van der Waals surface area contributed by atoms with Gasteiger partial charge in [0.2, 0.25) is 0 Å². The second kappa shape index (κ2) is 10.5. The SMILES string of the molecule is CC[C@@H](C)N(Cc1csc(COc2ccccc2C(C)C)n1)C(=O)c1ccccc1F. The molecule has 0 aliphatic heterocycles. The van der Waals surface area contributed by atoms with Crippen LogP contribution in [0.1, 0.15) is 66.7 Å². The lowest BCUT2D eigenvalue weighted by atomic mass is 10.0. The number of benzene rings is 2. The van der Waals surface area contributed by atoms with Gasteiger partial charge in [-0.2, -0.15) is 0 Å². The van der Waals surface area contributed by atoms with Crippen LogP contribution in [0.25, 0.3) is 0 Å². The standard InChI is InChI=1S/C25H29FN2O2S/c1-5-18(4)28(25(29)21-11-6-8-12-22(21)26)14-19-16-31-24(27-19)15-30-23-13-9-7-10-20(23)17(2)3/h6-13,16-18H,5,14-15H2,1-4H3/t18-/m1/s1. The smallest absolute Gasteiger partial charge is 0.257 e. The van der Waals surface area contributed by atoms with Gasteiger partial charge < -0.3 is 9.64 Å². The second-order valence-corrected chi connectivity index (χ2v) is 8.83. The maximum Gasteiger partial charge on any atom is 0.257 e. The third kappa shape index (κ3) is 5.70. The number of amides is 1. The van der Waals surface area contributed by atoms with Crippen LogP contribution in [0.2, 0.25) is 0 Å². The van der Waals surface area contributed by atoms with E-state index in [9.17, 15) is 9.18 Å². The summed E-state index contributed by atoms with van der Waals surface area (Å²) in [6.07, 6.45) is 0.770. The number of rotatable bonds is 9. The van der Waals surface area contributed by atoms with Gasteiger partial charge in [-0.15, -0.1) is 11.3 Å². The van der Waals surface area contributed by atoms with Gasteiger partial charge in [0.15, 0.2) is 0 Å². The van der Waals surface area contributed by atoms with Gasteiger partial charge >= 0.3 is 0 Å². The summed E-state index contributed by atoms with van der Waals surface area (Å²) in [4.78, 5) is 19.4. The number of para-hydroxylation sites is 1. The number of aromatic nitrogens is 1. The number of carbonyl (C=O) groups is 1. The fraction of sp³-hybridized carbons (Fsp3) is 0.360. The Kier molecular flexibility index (Phi) is 7.80. The summed E-state index contributed by atoms with van der Waals surface area (Å²) in [5.41, 5.74) is 2.04. The van der Waals surface area contributed by atoms with Gasteiger partial charge in [-0.3, -0.25) is 4.79 Å². The van der Waals surface area contributed by atoms with Gasteiger partial charge in [0.05, 0.1) is 17.8 Å². The summed E-state index contributed by atoms with van der Waals surface area (Å²) in [5, 5.41) is 2.79. The lowest BCUT2D eigenvalue weighted by Crippen LogP contribution is -2.38. The average Bonchev–Trinajstić information content (AvgIpc) is 3.23. The summed E-state index contributed by atoms with van der Waals surface area (Å²) < 4.78 is 20.2. The molecule has 0 aliphatic carbocycles. The molecule has 0 aliphatic rings. The molecule has 0 unspecified atom stereocenters. The van der Waals surface area contributed by atoms with E-state index in [1.165, 1.54) is 23.5 Å². The molecule has 0 saturated heterocycles. The first-order valence-corrected chi connectivity index (χ1v) is 11.5. The van der Waals surface area contributed by atoms with Crippen molar-refractivity contribution in [1.29, 1.82) is 0 Å². The van der Waals surface area contributed by atoms with Crippen LogP contribution in [0.15, 0.2) is 53.9 Å². The fourth-order valence-electron chi connectivity index (χ4n) is 3.33. The molecule has 1 amide bonds. The van der Waals surface area contributed by atoms with Crippen molar-refractivity contribution in [3.63, 3.8) is 0 Å². The van der Waals surface area contributed by atoms with Crippen molar-refractivity contribution in [2.45, 2.75) is 59.2 Å². The molecule has 0 radical (unpaired) electrons. The van der Waals surface area contributed by atoms with Gasteiger partial charge in [-0.25, -0.2) is 9.37 Å². The zero-order chi connectivity index (χ0) is 22.4. The summed E-state index contributed by atoms with van der Waals surface area (Å²) >= 11 is 1.51. The zero-order valence-electron chi connectivity index (χ0n) is 18.5. The molecule has 6 heteroatoms. The highest BCUT2D eigenvalue weighted by Gasteiger charge is 2.24. The Morgan fingerprint density at radius 2 is 1.84 bits per heavy atom. The monoisotopic (exact) mass is 440 g/mol. The van der Waals surface area contributed by atoms with Crippen LogP contribution in [-0.2, 0) is 13.2 Å². The van der Waals surface area contributed by atoms with E-state index in [4.69, 9.17) is 4.74 Å². The number of thiazole rings is 1. The first kappa shape index (κ1) is 22.9. The van der Waals surface area contributed by atoms with Crippen molar-refractivity contribution in [3.8, 4) is 5.75 Å². The number of hydrogen-bond acceptors (Lipinski definition) is 4. The zero-order valence-corrected chi connectivity index (χ0v) is 19.3. The van der Waals surface area contributed by atoms with E-state index in [2.05, 4.69) is 24.9 Å². The summed E-state index contributed by atoms with van der Waals surface area (Å²) in [6.45, 7) is 8.97. The van der Waals surface area contributed by atoms with Crippen molar-refractivity contribution in [1.82, 2.24) is 9.88 Å². The average molecular weight is 441 g/mol. The summed E-state index contributed by atoms with van der Waals surface area (Å²) in [6, 6.07) is 14.1. The molecule has 164 valence electrons. The highest BCUT2D eigenvalue weighted by molar-refractivity contribution is 7.09. The predicted molar refractivity (Wildman–Crippen MR) is 123 cm³/mol. The van der Waals surface area contributed by atoms with Crippen LogP contribution >= 0.6 is 11.3 Å². The molecule has 0 fully saturated rings. The number of carbonyl (C=O) groups excluding carboxylic acids is 1. The maximum absolute atomic E-state index is 14.2. The molecule has 0 N–H and O–H groups in total. The Bertz CT molecular complexity index is 1020. The van der Waals surface area contributed by atoms with Gasteiger partial charge in [0, 0.05) is 11.4 Å². The van der Waals surface area contributed by atoms with Crippen molar-refractivity contribution >= 4 is 17.2 Å². The van der Waals surface area contributed by atoms with Crippen LogP contribution in [0.5, 0.6) is 5.75 Å². The van der Waals surface area contributed by atoms with E-state index in [0.29, 0.717) is 19.1 Å². The van der Waals surface area contributed by atoms with Crippen LogP contribution in [-0.4, -0.2) is 21.8 Å². The van der Waals surface area contributed by atoms with Crippen molar-refractivity contribution in [2.24, 2.45) is 0 Å². The van der Waals surface area contributed by atoms with Crippen LogP contribution in [0.4, 0.5) is 4.39 Å². The molecule has 1 heterocycles. The van der Waals surface area contributed by atoms with Gasteiger partial charge in [0.25, 0.3) is 5.91 Å². The summed E-state index contributed by atoms with van der Waals surface area (Å²) in [7, 11) is 0. The Balaban J connectivity index is 1.72. The van der Waals surface area contributed by atoms with Gasteiger partial charge in [-0.05, 0) is 43.0 Å². The van der Waals surface area contributed by atoms with Gasteiger partial charge in [0.1, 0.15) is 23.2 Å². The van der Waals surface area contributed by atoms with Crippen molar-refractivity contribution < 1.29 is 13.9 Å². The van der Waals surface area contributed by atoms with Crippen LogP contribution in [0.3, 0.4) is 0 Å². The number of halogens is 1. The molecule has 3 aromatic rings. The third-order valence-corrected chi connectivity index (χ3v) is 6.18. The molecule has 1 atom stereocenters. The lowest BCUT2D eigenvalue weighted by molar-refractivity contribution is 0.0664. The third-order valence-electron chi connectivity index (χ3n) is 5.31. The minimum absolute atomic E-state index is 0.0357. The normalized spacial score (nSPS) is 12.1. The molecular weight excluding hydrogens is 411 g/mol. The molecule has 0 saturated carbocycles. The molecule has 0 bridgehead atoms. The number of hydrogen-bond donors (Lipinski definition) is 0. The lowest BCUT2D eigenvalue weighted by Gasteiger charge is -2.28. The van der Waals surface area contributed by atoms with E-state index in [0.717, 1.165) is 28.4 Å². The van der Waals surface area contributed by atoms with Gasteiger partial charge in [-0.1, -0.05) is 51.1 Å². The first-order chi connectivity index (χ1) is 14.9. The minimum atomic E-state index is -0.503. The largest absolute Gasteiger partial charge is 0.486 e. The Labute approximate surface area is 187 Å². The fourth-order valence-corrected chi connectivity index (χ4v) is 4.02. The van der Waals surface area contributed by atoms with E-state index in [1.807, 2.05) is 37.4 Å². The minimum Gasteiger partial charge on any atom is -0.486 e. The molecule has 1 aromatic heterocycles. The van der Waals surface area contributed by atoms with Crippen molar-refractivity contribution in [2.75, 3.05) is 0 Å². The molecule has 4 nitrogen and oxygen atoms in total. The quantitative estimate of drug-likeness (QED) is 0.385. The van der Waals surface area contributed by atoms with Crippen LogP contribution in [0, 0.1) is 5.82 Å². The Hall–Kier alpha value is -2.73. The Morgan fingerprint density at radius 1 is 1.13 bits per heavy atom. The topological polar surface area (TPSA) is 42.4 Å². The highest BCUT2D eigenvalue weighted by atomic mass is 32.1.